The number of aromatic nitrogens is 2. The summed E-state index contributed by atoms with van der Waals surface area (Å²) in [4.78, 5) is 22.6. The number of anilines is 2. The van der Waals surface area contributed by atoms with Crippen molar-refractivity contribution in [1.82, 2.24) is 9.97 Å². The van der Waals surface area contributed by atoms with Crippen LogP contribution in [0.3, 0.4) is 0 Å². The van der Waals surface area contributed by atoms with E-state index in [0.717, 1.165) is 37.2 Å². The van der Waals surface area contributed by atoms with Crippen LogP contribution in [0, 0.1) is 24.1 Å². The lowest BCUT2D eigenvalue weighted by molar-refractivity contribution is -0.136. The molecule has 1 aliphatic heterocycles. The lowest BCUT2D eigenvalue weighted by Gasteiger charge is -2.40. The minimum absolute atomic E-state index is 0.119. The molecule has 2 N–H and O–H groups in total. The van der Waals surface area contributed by atoms with Crippen molar-refractivity contribution in [3.8, 4) is 11.1 Å². The number of hydrogen-bond acceptors (Lipinski definition) is 5. The van der Waals surface area contributed by atoms with Crippen LogP contribution in [0.4, 0.5) is 15.9 Å². The van der Waals surface area contributed by atoms with Crippen molar-refractivity contribution in [3.05, 3.63) is 35.5 Å². The molecule has 2 aromatic rings. The van der Waals surface area contributed by atoms with Crippen molar-refractivity contribution in [1.29, 1.82) is 0 Å². The number of carboxylic acids is 1. The van der Waals surface area contributed by atoms with E-state index in [1.54, 1.807) is 12.4 Å². The van der Waals surface area contributed by atoms with E-state index in [2.05, 4.69) is 34.0 Å². The quantitative estimate of drug-likeness (QED) is 0.652. The molecule has 0 aliphatic carbocycles. The molecule has 7 heteroatoms. The zero-order valence-electron chi connectivity index (χ0n) is 19.1. The second kappa shape index (κ2) is 9.20. The van der Waals surface area contributed by atoms with E-state index in [1.807, 2.05) is 20.8 Å². The molecular formula is C24H33FN4O2. The van der Waals surface area contributed by atoms with E-state index in [0.29, 0.717) is 29.3 Å². The predicted octanol–water partition coefficient (Wildman–Crippen LogP) is 4.91. The van der Waals surface area contributed by atoms with Crippen molar-refractivity contribution in [2.24, 2.45) is 11.3 Å². The molecule has 3 heterocycles. The second-order valence-electron chi connectivity index (χ2n) is 9.64. The summed E-state index contributed by atoms with van der Waals surface area (Å²) in [7, 11) is 0. The molecule has 0 radical (unpaired) electrons. The third kappa shape index (κ3) is 5.51. The second-order valence-corrected chi connectivity index (χ2v) is 9.64. The number of aliphatic carboxylic acids is 1. The fourth-order valence-corrected chi connectivity index (χ4v) is 3.92. The Kier molecular flexibility index (Phi) is 6.82. The first-order valence-electron chi connectivity index (χ1n) is 10.9. The maximum atomic E-state index is 14.8. The SMILES string of the molecule is Cc1ncc(-c2cnc(NCC(C)C)c(F)c2)c(N2CCC(C)(C)CC2)c1CC(=O)O. The van der Waals surface area contributed by atoms with Gasteiger partial charge >= 0.3 is 5.97 Å². The third-order valence-corrected chi connectivity index (χ3v) is 5.96. The Morgan fingerprint density at radius 2 is 1.94 bits per heavy atom. The number of nitrogens with zero attached hydrogens (tertiary/aromatic N) is 3. The van der Waals surface area contributed by atoms with Gasteiger partial charge in [0.15, 0.2) is 11.6 Å². The molecule has 168 valence electrons. The first-order chi connectivity index (χ1) is 14.6. The summed E-state index contributed by atoms with van der Waals surface area (Å²) in [6.07, 6.45) is 5.25. The summed E-state index contributed by atoms with van der Waals surface area (Å²) in [5, 5.41) is 12.6. The average molecular weight is 429 g/mol. The molecule has 1 fully saturated rings. The van der Waals surface area contributed by atoms with Crippen molar-refractivity contribution in [2.45, 2.75) is 53.9 Å². The average Bonchev–Trinajstić information content (AvgIpc) is 2.68. The highest BCUT2D eigenvalue weighted by Crippen LogP contribution is 2.40. The minimum Gasteiger partial charge on any atom is -0.481 e. The molecule has 1 aliphatic rings. The molecule has 1 saturated heterocycles. The maximum absolute atomic E-state index is 14.8. The van der Waals surface area contributed by atoms with Gasteiger partial charge in [-0.1, -0.05) is 27.7 Å². The molecule has 0 atom stereocenters. The Labute approximate surface area is 183 Å². The number of aryl methyl sites for hydroxylation is 1. The fraction of sp³-hybridized carbons (Fsp3) is 0.542. The van der Waals surface area contributed by atoms with Gasteiger partial charge in [-0.25, -0.2) is 9.37 Å². The first-order valence-corrected chi connectivity index (χ1v) is 10.9. The third-order valence-electron chi connectivity index (χ3n) is 5.96. The summed E-state index contributed by atoms with van der Waals surface area (Å²) >= 11 is 0. The number of hydrogen-bond donors (Lipinski definition) is 2. The molecule has 31 heavy (non-hydrogen) atoms. The summed E-state index contributed by atoms with van der Waals surface area (Å²) in [5.41, 5.74) is 3.80. The fourth-order valence-electron chi connectivity index (χ4n) is 3.92. The van der Waals surface area contributed by atoms with Crippen molar-refractivity contribution in [3.63, 3.8) is 0 Å². The highest BCUT2D eigenvalue weighted by molar-refractivity contribution is 5.84. The standard InChI is InChI=1S/C24H33FN4O2/c1-15(2)12-27-23-20(25)10-17(13-28-23)19-14-26-16(3)18(11-21(30)31)22(19)29-8-6-24(4,5)7-9-29/h10,13-15H,6-9,11-12H2,1-5H3,(H,27,28)(H,30,31). The van der Waals surface area contributed by atoms with E-state index in [1.165, 1.54) is 6.07 Å². The smallest absolute Gasteiger partial charge is 0.307 e. The number of pyridine rings is 2. The van der Waals surface area contributed by atoms with Gasteiger partial charge < -0.3 is 15.3 Å². The van der Waals surface area contributed by atoms with Gasteiger partial charge in [0.05, 0.1) is 12.1 Å². The maximum Gasteiger partial charge on any atom is 0.307 e. The number of rotatable bonds is 7. The lowest BCUT2D eigenvalue weighted by atomic mass is 9.82. The Morgan fingerprint density at radius 3 is 2.52 bits per heavy atom. The predicted molar refractivity (Wildman–Crippen MR) is 122 cm³/mol. The molecule has 0 spiro atoms. The zero-order valence-corrected chi connectivity index (χ0v) is 19.1. The monoisotopic (exact) mass is 428 g/mol. The van der Waals surface area contributed by atoms with Gasteiger partial charge in [-0.05, 0) is 37.2 Å². The first kappa shape index (κ1) is 23.0. The summed E-state index contributed by atoms with van der Waals surface area (Å²) in [6.45, 7) is 12.7. The van der Waals surface area contributed by atoms with Crippen LogP contribution in [0.25, 0.3) is 11.1 Å². The minimum atomic E-state index is -0.904. The van der Waals surface area contributed by atoms with Crippen LogP contribution >= 0.6 is 0 Å². The Hall–Kier alpha value is -2.70. The van der Waals surface area contributed by atoms with Gasteiger partial charge in [0.1, 0.15) is 0 Å². The number of nitrogens with one attached hydrogen (secondary N) is 1. The van der Waals surface area contributed by atoms with Gasteiger partial charge in [0.2, 0.25) is 0 Å². The van der Waals surface area contributed by atoms with Gasteiger partial charge in [0, 0.05) is 54.4 Å². The van der Waals surface area contributed by atoms with Gasteiger partial charge in [0.25, 0.3) is 0 Å². The number of carbonyl (C=O) groups is 1. The molecule has 0 amide bonds. The van der Waals surface area contributed by atoms with E-state index in [4.69, 9.17) is 0 Å². The van der Waals surface area contributed by atoms with Crippen LogP contribution in [0.5, 0.6) is 0 Å². The van der Waals surface area contributed by atoms with E-state index < -0.39 is 11.8 Å². The summed E-state index contributed by atoms with van der Waals surface area (Å²) in [6, 6.07) is 1.46. The topological polar surface area (TPSA) is 78.4 Å². The van der Waals surface area contributed by atoms with Gasteiger partial charge in [-0.2, -0.15) is 0 Å². The van der Waals surface area contributed by atoms with Gasteiger partial charge in [-0.3, -0.25) is 9.78 Å². The zero-order chi connectivity index (χ0) is 22.8. The van der Waals surface area contributed by atoms with Gasteiger partial charge in [-0.15, -0.1) is 0 Å². The summed E-state index contributed by atoms with van der Waals surface area (Å²) in [5.74, 6) is -0.734. The van der Waals surface area contributed by atoms with Crippen LogP contribution in [0.1, 0.15) is 51.8 Å². The van der Waals surface area contributed by atoms with Crippen molar-refractivity contribution < 1.29 is 14.3 Å². The largest absolute Gasteiger partial charge is 0.481 e. The van der Waals surface area contributed by atoms with Crippen molar-refractivity contribution >= 4 is 17.5 Å². The Bertz CT molecular complexity index is 949. The molecule has 0 aromatic carbocycles. The number of piperidine rings is 1. The molecular weight excluding hydrogens is 395 g/mol. The van der Waals surface area contributed by atoms with E-state index in [9.17, 15) is 14.3 Å². The molecule has 6 nitrogen and oxygen atoms in total. The lowest BCUT2D eigenvalue weighted by Crippen LogP contribution is -2.38. The van der Waals surface area contributed by atoms with E-state index in [-0.39, 0.29) is 17.7 Å². The van der Waals surface area contributed by atoms with Crippen LogP contribution in [0.2, 0.25) is 0 Å². The van der Waals surface area contributed by atoms with E-state index >= 15 is 0 Å². The normalized spacial score (nSPS) is 15.9. The number of halogens is 1. The van der Waals surface area contributed by atoms with Crippen LogP contribution < -0.4 is 10.2 Å². The molecule has 2 aromatic heterocycles. The molecule has 0 bridgehead atoms. The van der Waals surface area contributed by atoms with Crippen LogP contribution in [-0.2, 0) is 11.2 Å². The summed E-state index contributed by atoms with van der Waals surface area (Å²) < 4.78 is 14.8. The molecule has 3 rings (SSSR count). The molecule has 0 unspecified atom stereocenters. The number of carboxylic acid groups (broad SMARTS) is 1. The van der Waals surface area contributed by atoms with Crippen LogP contribution in [0.15, 0.2) is 18.5 Å². The van der Waals surface area contributed by atoms with Crippen molar-refractivity contribution in [2.75, 3.05) is 29.9 Å². The highest BCUT2D eigenvalue weighted by Gasteiger charge is 2.29. The highest BCUT2D eigenvalue weighted by atomic mass is 19.1. The Morgan fingerprint density at radius 1 is 1.26 bits per heavy atom. The van der Waals surface area contributed by atoms with Crippen LogP contribution in [-0.4, -0.2) is 40.7 Å². The Balaban J connectivity index is 2.05. The molecule has 0 saturated carbocycles.